The van der Waals surface area contributed by atoms with Crippen molar-refractivity contribution in [1.82, 2.24) is 19.4 Å². The van der Waals surface area contributed by atoms with Crippen molar-refractivity contribution in [3.8, 4) is 17.1 Å². The maximum atomic E-state index is 15.3. The van der Waals surface area contributed by atoms with E-state index in [1.165, 1.54) is 0 Å². The van der Waals surface area contributed by atoms with Crippen molar-refractivity contribution in [2.45, 2.75) is 64.8 Å². The van der Waals surface area contributed by atoms with Crippen molar-refractivity contribution in [3.63, 3.8) is 0 Å². The van der Waals surface area contributed by atoms with Gasteiger partial charge in [0.1, 0.15) is 34.0 Å². The lowest BCUT2D eigenvalue weighted by Crippen LogP contribution is -2.48. The fourth-order valence-electron chi connectivity index (χ4n) is 5.26. The van der Waals surface area contributed by atoms with Crippen LogP contribution in [0.5, 0.6) is 5.75 Å². The highest BCUT2D eigenvalue weighted by atomic mass is 79.9. The van der Waals surface area contributed by atoms with Crippen molar-refractivity contribution in [1.29, 1.82) is 0 Å². The predicted molar refractivity (Wildman–Crippen MR) is 151 cm³/mol. The van der Waals surface area contributed by atoms with Gasteiger partial charge < -0.3 is 28.6 Å². The molecule has 9 nitrogen and oxygen atoms in total. The van der Waals surface area contributed by atoms with E-state index < -0.39 is 11.4 Å². The zero-order valence-corrected chi connectivity index (χ0v) is 24.6. The summed E-state index contributed by atoms with van der Waals surface area (Å²) in [6, 6.07) is 6.01. The van der Waals surface area contributed by atoms with Gasteiger partial charge in [0.15, 0.2) is 5.82 Å². The molecule has 2 aliphatic rings. The van der Waals surface area contributed by atoms with Gasteiger partial charge in [-0.15, -0.1) is 0 Å². The standard InChI is InChI=1S/C28H35BrFN5O4/c1-17-7-6-10-34(17)22-9-8-18(14-31-22)26-32-24-23(30)20(29)13-21(37-5)25(24)35(26)16-19-15-33(11-12-38-19)27(36)39-28(2,3)4/h8-9,13-14,17,19H,6-7,10-12,15-16H2,1-5H3/t17-,19-/m0/s1. The summed E-state index contributed by atoms with van der Waals surface area (Å²) in [6.45, 7) is 10.2. The van der Waals surface area contributed by atoms with Crippen LogP contribution in [0.25, 0.3) is 22.4 Å². The first-order chi connectivity index (χ1) is 18.6. The molecule has 0 unspecified atom stereocenters. The number of rotatable bonds is 5. The predicted octanol–water partition coefficient (Wildman–Crippen LogP) is 5.63. The third kappa shape index (κ3) is 5.70. The van der Waals surface area contributed by atoms with Crippen LogP contribution in [0.2, 0.25) is 0 Å². The Bertz CT molecular complexity index is 1360. The van der Waals surface area contributed by atoms with Gasteiger partial charge in [-0.2, -0.15) is 0 Å². The van der Waals surface area contributed by atoms with Gasteiger partial charge >= 0.3 is 6.09 Å². The van der Waals surface area contributed by atoms with Gasteiger partial charge in [-0.1, -0.05) is 0 Å². The molecule has 0 radical (unpaired) electrons. The molecule has 210 valence electrons. The van der Waals surface area contributed by atoms with E-state index in [-0.39, 0.29) is 22.2 Å². The van der Waals surface area contributed by atoms with Crippen LogP contribution in [-0.2, 0) is 16.0 Å². The highest BCUT2D eigenvalue weighted by Crippen LogP contribution is 2.37. The highest BCUT2D eigenvalue weighted by Gasteiger charge is 2.31. The molecule has 0 spiro atoms. The van der Waals surface area contributed by atoms with Gasteiger partial charge in [-0.25, -0.2) is 19.2 Å². The van der Waals surface area contributed by atoms with Crippen LogP contribution in [-0.4, -0.2) is 76.6 Å². The normalized spacial score (nSPS) is 20.1. The Morgan fingerprint density at radius 3 is 2.72 bits per heavy atom. The average Bonchev–Trinajstić information content (AvgIpc) is 3.49. The monoisotopic (exact) mass is 603 g/mol. The summed E-state index contributed by atoms with van der Waals surface area (Å²) in [5.41, 5.74) is 0.860. The van der Waals surface area contributed by atoms with Crippen LogP contribution in [0.3, 0.4) is 0 Å². The van der Waals surface area contributed by atoms with Crippen LogP contribution in [0.4, 0.5) is 15.0 Å². The van der Waals surface area contributed by atoms with E-state index in [1.807, 2.05) is 37.5 Å². The Morgan fingerprint density at radius 2 is 2.08 bits per heavy atom. The van der Waals surface area contributed by atoms with Gasteiger partial charge in [0.2, 0.25) is 0 Å². The second-order valence-corrected chi connectivity index (χ2v) is 12.0. The second kappa shape index (κ2) is 10.9. The van der Waals surface area contributed by atoms with Gasteiger partial charge in [0.05, 0.1) is 37.4 Å². The Morgan fingerprint density at radius 1 is 1.28 bits per heavy atom. The molecule has 1 aromatic carbocycles. The molecule has 0 aliphatic carbocycles. The van der Waals surface area contributed by atoms with Crippen LogP contribution >= 0.6 is 15.9 Å². The van der Waals surface area contributed by atoms with Crippen LogP contribution in [0, 0.1) is 5.82 Å². The molecule has 2 fully saturated rings. The van der Waals surface area contributed by atoms with Gasteiger partial charge in [-0.05, 0) is 74.7 Å². The number of aromatic nitrogens is 3. The zero-order valence-electron chi connectivity index (χ0n) is 23.0. The number of anilines is 1. The molecular formula is C28H35BrFN5O4. The number of benzene rings is 1. The van der Waals surface area contributed by atoms with E-state index in [2.05, 4.69) is 27.8 Å². The number of carbonyl (C=O) groups excluding carboxylic acids is 1. The summed E-state index contributed by atoms with van der Waals surface area (Å²) in [4.78, 5) is 26.2. The number of halogens is 2. The smallest absolute Gasteiger partial charge is 0.410 e. The van der Waals surface area contributed by atoms with E-state index in [1.54, 1.807) is 24.3 Å². The summed E-state index contributed by atoms with van der Waals surface area (Å²) in [6.07, 6.45) is 3.34. The first-order valence-electron chi connectivity index (χ1n) is 13.3. The lowest BCUT2D eigenvalue weighted by atomic mass is 10.2. The van der Waals surface area contributed by atoms with Gasteiger partial charge in [-0.3, -0.25) is 0 Å². The van der Waals surface area contributed by atoms with E-state index in [4.69, 9.17) is 24.2 Å². The molecule has 0 bridgehead atoms. The molecule has 11 heteroatoms. The molecule has 0 saturated carbocycles. The van der Waals surface area contributed by atoms with Crippen molar-refractivity contribution in [2.75, 3.05) is 38.3 Å². The topological polar surface area (TPSA) is 82.0 Å². The first-order valence-corrected chi connectivity index (χ1v) is 14.1. The lowest BCUT2D eigenvalue weighted by Gasteiger charge is -2.34. The summed E-state index contributed by atoms with van der Waals surface area (Å²) in [5, 5.41) is 0. The quantitative estimate of drug-likeness (QED) is 0.373. The number of amides is 1. The molecule has 0 N–H and O–H groups in total. The summed E-state index contributed by atoms with van der Waals surface area (Å²) in [7, 11) is 1.55. The average molecular weight is 605 g/mol. The van der Waals surface area contributed by atoms with E-state index in [9.17, 15) is 4.79 Å². The van der Waals surface area contributed by atoms with Crippen LogP contribution in [0.1, 0.15) is 40.5 Å². The number of carbonyl (C=O) groups is 1. The largest absolute Gasteiger partial charge is 0.494 e. The van der Waals surface area contributed by atoms with Crippen molar-refractivity contribution < 1.29 is 23.4 Å². The van der Waals surface area contributed by atoms with Crippen molar-refractivity contribution in [2.24, 2.45) is 0 Å². The molecular weight excluding hydrogens is 569 g/mol. The molecule has 1 amide bonds. The highest BCUT2D eigenvalue weighted by molar-refractivity contribution is 9.10. The van der Waals surface area contributed by atoms with Crippen molar-refractivity contribution >= 4 is 38.9 Å². The Hall–Kier alpha value is -2.92. The molecule has 4 heterocycles. The number of methoxy groups -OCH3 is 1. The second-order valence-electron chi connectivity index (χ2n) is 11.1. The van der Waals surface area contributed by atoms with Crippen molar-refractivity contribution in [3.05, 3.63) is 34.7 Å². The molecule has 3 aromatic rings. The minimum atomic E-state index is -0.594. The fourth-order valence-corrected chi connectivity index (χ4v) is 5.65. The number of morpholine rings is 1. The number of hydrogen-bond acceptors (Lipinski definition) is 7. The first kappa shape index (κ1) is 27.6. The summed E-state index contributed by atoms with van der Waals surface area (Å²) < 4.78 is 34.8. The number of ether oxygens (including phenoxy) is 3. The zero-order chi connectivity index (χ0) is 27.9. The minimum absolute atomic E-state index is 0.188. The summed E-state index contributed by atoms with van der Waals surface area (Å²) >= 11 is 3.29. The third-order valence-electron chi connectivity index (χ3n) is 7.13. The summed E-state index contributed by atoms with van der Waals surface area (Å²) in [5.74, 6) is 1.47. The van der Waals surface area contributed by atoms with E-state index in [0.717, 1.165) is 30.8 Å². The van der Waals surface area contributed by atoms with Crippen LogP contribution in [0.15, 0.2) is 28.9 Å². The minimum Gasteiger partial charge on any atom is -0.494 e. The third-order valence-corrected chi connectivity index (χ3v) is 7.70. The Labute approximate surface area is 236 Å². The maximum Gasteiger partial charge on any atom is 0.410 e. The van der Waals surface area contributed by atoms with Crippen LogP contribution < -0.4 is 9.64 Å². The Balaban J connectivity index is 1.52. The van der Waals surface area contributed by atoms with E-state index in [0.29, 0.717) is 49.4 Å². The SMILES string of the molecule is COc1cc(Br)c(F)c2nc(-c3ccc(N4CCC[C@@H]4C)nc3)n(C[C@@H]3CN(C(=O)OC(C)(C)C)CCO3)c12. The Kier molecular flexibility index (Phi) is 7.74. The molecule has 2 aromatic heterocycles. The molecule has 2 saturated heterocycles. The number of hydrogen-bond donors (Lipinski definition) is 0. The number of nitrogens with zero attached hydrogens (tertiary/aromatic N) is 5. The maximum absolute atomic E-state index is 15.3. The fraction of sp³-hybridized carbons (Fsp3) is 0.536. The number of imidazole rings is 1. The van der Waals surface area contributed by atoms with Gasteiger partial charge in [0, 0.05) is 30.9 Å². The molecule has 5 rings (SSSR count). The molecule has 2 aliphatic heterocycles. The molecule has 39 heavy (non-hydrogen) atoms. The molecule has 2 atom stereocenters. The van der Waals surface area contributed by atoms with E-state index >= 15 is 4.39 Å². The lowest BCUT2D eigenvalue weighted by molar-refractivity contribution is -0.0468. The number of pyridine rings is 1. The van der Waals surface area contributed by atoms with Gasteiger partial charge in [0.25, 0.3) is 0 Å². The number of fused-ring (bicyclic) bond motifs is 1.